The van der Waals surface area contributed by atoms with E-state index >= 15 is 0 Å². The quantitative estimate of drug-likeness (QED) is 0.389. The summed E-state index contributed by atoms with van der Waals surface area (Å²) in [4.78, 5) is 13.3. The number of aryl methyl sites for hydroxylation is 1. The first-order chi connectivity index (χ1) is 17.0. The number of nitrogens with one attached hydrogen (secondary N) is 1. The van der Waals surface area contributed by atoms with Gasteiger partial charge in [0.05, 0.1) is 31.6 Å². The van der Waals surface area contributed by atoms with E-state index in [-0.39, 0.29) is 0 Å². The van der Waals surface area contributed by atoms with Gasteiger partial charge in [-0.2, -0.15) is 0 Å². The molecule has 35 heavy (non-hydrogen) atoms. The molecule has 0 amide bonds. The van der Waals surface area contributed by atoms with Crippen molar-refractivity contribution in [2.75, 3.05) is 45.3 Å². The van der Waals surface area contributed by atoms with E-state index in [2.05, 4.69) is 72.0 Å². The van der Waals surface area contributed by atoms with E-state index in [0.717, 1.165) is 76.7 Å². The Morgan fingerprint density at radius 3 is 2.20 bits per heavy atom. The number of aromatic nitrogens is 2. The number of fused-ring (bicyclic) bond motifs is 1. The van der Waals surface area contributed by atoms with Crippen molar-refractivity contribution in [2.45, 2.75) is 26.8 Å². The molecule has 0 radical (unpaired) electrons. The molecule has 0 spiro atoms. The molecule has 2 aromatic heterocycles. The molecule has 6 heteroatoms. The third-order valence-corrected chi connectivity index (χ3v) is 7.12. The van der Waals surface area contributed by atoms with Crippen molar-refractivity contribution in [3.8, 4) is 33.9 Å². The van der Waals surface area contributed by atoms with E-state index in [1.54, 1.807) is 14.2 Å². The molecule has 3 heterocycles. The minimum Gasteiger partial charge on any atom is -0.493 e. The highest BCUT2D eigenvalue weighted by Crippen LogP contribution is 2.38. The molecule has 0 atom stereocenters. The fourth-order valence-corrected chi connectivity index (χ4v) is 5.09. The lowest BCUT2D eigenvalue weighted by Crippen LogP contribution is -2.48. The van der Waals surface area contributed by atoms with Gasteiger partial charge >= 0.3 is 0 Å². The van der Waals surface area contributed by atoms with Crippen LogP contribution < -0.4 is 14.4 Å². The molecule has 1 fully saturated rings. The Kier molecular flexibility index (Phi) is 6.39. The van der Waals surface area contributed by atoms with Crippen molar-refractivity contribution in [2.24, 2.45) is 0 Å². The Morgan fingerprint density at radius 1 is 0.857 bits per heavy atom. The molecular weight excluding hydrogens is 436 g/mol. The molecule has 0 saturated carbocycles. The summed E-state index contributed by atoms with van der Waals surface area (Å²) in [5, 5.41) is 1.15. The first-order valence-electron chi connectivity index (χ1n) is 12.3. The third-order valence-electron chi connectivity index (χ3n) is 7.12. The van der Waals surface area contributed by atoms with Crippen LogP contribution in [0.2, 0.25) is 0 Å². The number of rotatable bonds is 6. The highest BCUT2D eigenvalue weighted by molar-refractivity contribution is 5.99. The molecule has 182 valence electrons. The smallest absolute Gasteiger partial charge is 0.161 e. The predicted molar refractivity (Wildman–Crippen MR) is 144 cm³/mol. The van der Waals surface area contributed by atoms with E-state index in [9.17, 15) is 0 Å². The molecule has 0 unspecified atom stereocenters. The summed E-state index contributed by atoms with van der Waals surface area (Å²) in [7, 11) is 3.32. The van der Waals surface area contributed by atoms with Crippen molar-refractivity contribution >= 4 is 16.6 Å². The molecule has 4 aromatic rings. The zero-order chi connectivity index (χ0) is 24.5. The highest BCUT2D eigenvalue weighted by Gasteiger charge is 2.19. The number of pyridine rings is 1. The second-order valence-corrected chi connectivity index (χ2v) is 9.47. The van der Waals surface area contributed by atoms with Crippen molar-refractivity contribution < 1.29 is 9.47 Å². The zero-order valence-electron chi connectivity index (χ0n) is 21.3. The molecule has 5 rings (SSSR count). The monoisotopic (exact) mass is 470 g/mol. The maximum absolute atomic E-state index is 5.54. The summed E-state index contributed by atoms with van der Waals surface area (Å²) in [6.07, 6.45) is 1.93. The maximum Gasteiger partial charge on any atom is 0.161 e. The Balaban J connectivity index is 1.44. The molecule has 6 nitrogen and oxygen atoms in total. The molecule has 1 aliphatic rings. The summed E-state index contributed by atoms with van der Waals surface area (Å²) < 4.78 is 11.0. The predicted octanol–water partition coefficient (Wildman–Crippen LogP) is 5.75. The molecule has 1 aliphatic heterocycles. The Labute approximate surface area is 207 Å². The number of benzene rings is 2. The van der Waals surface area contributed by atoms with Gasteiger partial charge in [0.1, 0.15) is 0 Å². The number of methoxy groups -OCH3 is 2. The van der Waals surface area contributed by atoms with Crippen molar-refractivity contribution in [1.82, 2.24) is 14.9 Å². The Hall–Kier alpha value is -3.51. The summed E-state index contributed by atoms with van der Waals surface area (Å²) in [5.74, 6) is 1.44. The fraction of sp³-hybridized carbons (Fsp3) is 0.345. The molecule has 0 bridgehead atoms. The van der Waals surface area contributed by atoms with E-state index in [4.69, 9.17) is 14.5 Å². The maximum atomic E-state index is 5.54. The second kappa shape index (κ2) is 9.62. The van der Waals surface area contributed by atoms with Gasteiger partial charge < -0.3 is 19.4 Å². The van der Waals surface area contributed by atoms with Crippen LogP contribution in [-0.4, -0.2) is 61.3 Å². The van der Waals surface area contributed by atoms with Crippen LogP contribution in [0.1, 0.15) is 19.5 Å². The second-order valence-electron chi connectivity index (χ2n) is 9.47. The Bertz CT molecular complexity index is 1320. The Morgan fingerprint density at radius 2 is 1.54 bits per heavy atom. The lowest BCUT2D eigenvalue weighted by atomic mass is 10.0. The van der Waals surface area contributed by atoms with Crippen LogP contribution in [0, 0.1) is 6.92 Å². The molecule has 2 aromatic carbocycles. The van der Waals surface area contributed by atoms with Gasteiger partial charge in [-0.15, -0.1) is 0 Å². The van der Waals surface area contributed by atoms with Gasteiger partial charge in [0.2, 0.25) is 0 Å². The normalized spacial score (nSPS) is 14.6. The number of piperazine rings is 1. The lowest BCUT2D eigenvalue weighted by molar-refractivity contribution is 0.209. The largest absolute Gasteiger partial charge is 0.493 e. The van der Waals surface area contributed by atoms with E-state index in [1.165, 1.54) is 5.69 Å². The van der Waals surface area contributed by atoms with Crippen molar-refractivity contribution in [3.05, 3.63) is 60.4 Å². The van der Waals surface area contributed by atoms with Crippen LogP contribution in [-0.2, 0) is 0 Å². The van der Waals surface area contributed by atoms with Crippen LogP contribution in [0.5, 0.6) is 11.5 Å². The number of aromatic amines is 1. The lowest BCUT2D eigenvalue weighted by Gasteiger charge is -2.38. The third kappa shape index (κ3) is 4.46. The van der Waals surface area contributed by atoms with Gasteiger partial charge in [0.25, 0.3) is 0 Å². The molecule has 0 aliphatic carbocycles. The summed E-state index contributed by atoms with van der Waals surface area (Å²) in [6, 6.07) is 17.7. The topological polar surface area (TPSA) is 53.6 Å². The van der Waals surface area contributed by atoms with Gasteiger partial charge in [0.15, 0.2) is 11.5 Å². The number of anilines is 1. The molecule has 1 N–H and O–H groups in total. The van der Waals surface area contributed by atoms with E-state index in [0.29, 0.717) is 6.04 Å². The first-order valence-corrected chi connectivity index (χ1v) is 12.3. The number of H-pyrrole nitrogens is 1. The standard InChI is InChI=1S/C29H34N4O2/c1-19(2)32-12-14-33(15-13-32)23-9-6-21(7-10-23)25-17-24-26(18-30-25)31-20(3)29(24)22-8-11-27(34-4)28(16-22)35-5/h6-11,16-19,31H,12-15H2,1-5H3. The highest BCUT2D eigenvalue weighted by atomic mass is 16.5. The number of hydrogen-bond acceptors (Lipinski definition) is 5. The van der Waals surface area contributed by atoms with E-state index in [1.807, 2.05) is 18.3 Å². The van der Waals surface area contributed by atoms with Gasteiger partial charge in [-0.05, 0) is 56.7 Å². The van der Waals surface area contributed by atoms with Gasteiger partial charge in [-0.1, -0.05) is 18.2 Å². The van der Waals surface area contributed by atoms with Crippen LogP contribution in [0.25, 0.3) is 33.3 Å². The minimum atomic E-state index is 0.612. The number of ether oxygens (including phenoxy) is 2. The van der Waals surface area contributed by atoms with Gasteiger partial charge in [0, 0.05) is 60.1 Å². The van der Waals surface area contributed by atoms with Gasteiger partial charge in [-0.25, -0.2) is 0 Å². The number of nitrogens with zero attached hydrogens (tertiary/aromatic N) is 3. The minimum absolute atomic E-state index is 0.612. The average Bonchev–Trinajstić information content (AvgIpc) is 3.23. The molecular formula is C29H34N4O2. The molecule has 1 saturated heterocycles. The van der Waals surface area contributed by atoms with Crippen LogP contribution in [0.3, 0.4) is 0 Å². The average molecular weight is 471 g/mol. The van der Waals surface area contributed by atoms with Crippen LogP contribution in [0.4, 0.5) is 5.69 Å². The zero-order valence-corrected chi connectivity index (χ0v) is 21.3. The summed E-state index contributed by atoms with van der Waals surface area (Å²) >= 11 is 0. The van der Waals surface area contributed by atoms with Crippen molar-refractivity contribution in [3.63, 3.8) is 0 Å². The SMILES string of the molecule is COc1ccc(-c2c(C)[nH]c3cnc(-c4ccc(N5CCN(C(C)C)CC5)cc4)cc23)cc1OC. The first kappa shape index (κ1) is 23.2. The number of hydrogen-bond donors (Lipinski definition) is 1. The van der Waals surface area contributed by atoms with Crippen LogP contribution >= 0.6 is 0 Å². The fourth-order valence-electron chi connectivity index (χ4n) is 5.09. The van der Waals surface area contributed by atoms with E-state index < -0.39 is 0 Å². The van der Waals surface area contributed by atoms with Crippen LogP contribution in [0.15, 0.2) is 54.7 Å². The summed E-state index contributed by atoms with van der Waals surface area (Å²) in [6.45, 7) is 11.0. The van der Waals surface area contributed by atoms with Crippen molar-refractivity contribution in [1.29, 1.82) is 0 Å². The van der Waals surface area contributed by atoms with Gasteiger partial charge in [-0.3, -0.25) is 9.88 Å². The summed E-state index contributed by atoms with van der Waals surface area (Å²) in [5.41, 5.74) is 7.73.